The number of piperidine rings is 1. The Morgan fingerprint density at radius 1 is 1.17 bits per heavy atom. The summed E-state index contributed by atoms with van der Waals surface area (Å²) in [6, 6.07) is 5.86. The number of anilines is 3. The van der Waals surface area contributed by atoms with Crippen molar-refractivity contribution >= 4 is 45.6 Å². The molecule has 2 aromatic heterocycles. The lowest BCUT2D eigenvalue weighted by molar-refractivity contribution is 0.262. The van der Waals surface area contributed by atoms with Gasteiger partial charge in [-0.15, -0.1) is 0 Å². The predicted molar refractivity (Wildman–Crippen MR) is 119 cm³/mol. The van der Waals surface area contributed by atoms with E-state index in [2.05, 4.69) is 38.5 Å². The van der Waals surface area contributed by atoms with Crippen molar-refractivity contribution in [3.8, 4) is 0 Å². The van der Waals surface area contributed by atoms with Crippen molar-refractivity contribution in [1.29, 1.82) is 0 Å². The van der Waals surface area contributed by atoms with Crippen LogP contribution in [-0.4, -0.2) is 33.7 Å². The summed E-state index contributed by atoms with van der Waals surface area (Å²) in [7, 11) is 1.95. The summed E-state index contributed by atoms with van der Waals surface area (Å²) in [5.74, 6) is 0. The summed E-state index contributed by atoms with van der Waals surface area (Å²) in [4.78, 5) is 23.6. The number of rotatable bonds is 5. The number of aromatic nitrogens is 3. The van der Waals surface area contributed by atoms with Gasteiger partial charge in [0.15, 0.2) is 10.3 Å². The fraction of sp³-hybridized carbons (Fsp3) is 0.350. The lowest BCUT2D eigenvalue weighted by Gasteiger charge is -2.30. The molecule has 3 aromatic rings. The summed E-state index contributed by atoms with van der Waals surface area (Å²) in [5, 5.41) is 7.29. The molecule has 2 amide bonds. The van der Waals surface area contributed by atoms with Crippen molar-refractivity contribution in [2.45, 2.75) is 35.6 Å². The Morgan fingerprint density at radius 2 is 2.00 bits per heavy atom. The Kier molecular flexibility index (Phi) is 6.05. The Morgan fingerprint density at radius 3 is 2.76 bits per heavy atom. The summed E-state index contributed by atoms with van der Waals surface area (Å²) >= 11 is 2.95. The third kappa shape index (κ3) is 4.91. The lowest BCUT2D eigenvalue weighted by Crippen LogP contribution is -2.31. The maximum absolute atomic E-state index is 12.6. The van der Waals surface area contributed by atoms with Crippen LogP contribution in [-0.2, 0) is 7.05 Å². The third-order valence-electron chi connectivity index (χ3n) is 4.77. The van der Waals surface area contributed by atoms with E-state index in [0.717, 1.165) is 33.8 Å². The number of benzene rings is 1. The first-order valence-corrected chi connectivity index (χ1v) is 11.3. The molecule has 4 rings (SSSR count). The first-order chi connectivity index (χ1) is 14.1. The second kappa shape index (κ2) is 8.87. The Hall–Kier alpha value is -2.52. The van der Waals surface area contributed by atoms with E-state index in [1.807, 2.05) is 29.9 Å². The number of aryl methyl sites for hydroxylation is 2. The highest BCUT2D eigenvalue weighted by molar-refractivity contribution is 8.01. The van der Waals surface area contributed by atoms with Crippen LogP contribution >= 0.6 is 23.1 Å². The zero-order valence-corrected chi connectivity index (χ0v) is 18.1. The molecule has 7 nitrogen and oxygen atoms in total. The van der Waals surface area contributed by atoms with Gasteiger partial charge in [-0.2, -0.15) is 0 Å². The Bertz CT molecular complexity index is 993. The van der Waals surface area contributed by atoms with Gasteiger partial charge in [0.1, 0.15) is 0 Å². The van der Waals surface area contributed by atoms with Crippen LogP contribution in [0.1, 0.15) is 24.8 Å². The molecule has 1 aliphatic heterocycles. The van der Waals surface area contributed by atoms with Gasteiger partial charge < -0.3 is 14.8 Å². The molecule has 1 aromatic carbocycles. The number of imidazole rings is 1. The van der Waals surface area contributed by atoms with Gasteiger partial charge in [-0.1, -0.05) is 17.4 Å². The minimum absolute atomic E-state index is 0.282. The number of carbonyl (C=O) groups is 1. The molecular formula is C20H24N6OS2. The maximum Gasteiger partial charge on any atom is 0.325 e. The summed E-state index contributed by atoms with van der Waals surface area (Å²) in [6.45, 7) is 4.13. The van der Waals surface area contributed by atoms with Crippen LogP contribution < -0.4 is 15.5 Å². The van der Waals surface area contributed by atoms with E-state index < -0.39 is 0 Å². The third-order valence-corrected chi connectivity index (χ3v) is 6.86. The number of amides is 2. The van der Waals surface area contributed by atoms with Crippen LogP contribution in [0.5, 0.6) is 0 Å². The zero-order chi connectivity index (χ0) is 20.2. The summed E-state index contributed by atoms with van der Waals surface area (Å²) in [6.07, 6.45) is 9.07. The molecule has 0 saturated carbocycles. The molecule has 1 saturated heterocycles. The van der Waals surface area contributed by atoms with Crippen LogP contribution in [0.25, 0.3) is 0 Å². The van der Waals surface area contributed by atoms with Crippen molar-refractivity contribution < 1.29 is 4.79 Å². The van der Waals surface area contributed by atoms with Crippen molar-refractivity contribution in [3.63, 3.8) is 0 Å². The van der Waals surface area contributed by atoms with Gasteiger partial charge in [-0.3, -0.25) is 5.32 Å². The minimum Gasteiger partial charge on any atom is -0.370 e. The van der Waals surface area contributed by atoms with Crippen molar-refractivity contribution in [1.82, 2.24) is 14.5 Å². The topological polar surface area (TPSA) is 75.1 Å². The fourth-order valence-electron chi connectivity index (χ4n) is 3.30. The van der Waals surface area contributed by atoms with Crippen LogP contribution in [0.3, 0.4) is 0 Å². The molecular weight excluding hydrogens is 404 g/mol. The molecule has 2 N–H and O–H groups in total. The number of urea groups is 1. The monoisotopic (exact) mass is 428 g/mol. The van der Waals surface area contributed by atoms with Crippen molar-refractivity contribution in [2.75, 3.05) is 28.6 Å². The molecule has 9 heteroatoms. The predicted octanol–water partition coefficient (Wildman–Crippen LogP) is 4.97. The first kappa shape index (κ1) is 19.8. The van der Waals surface area contributed by atoms with E-state index in [-0.39, 0.29) is 6.03 Å². The second-order valence-electron chi connectivity index (χ2n) is 7.05. The van der Waals surface area contributed by atoms with Gasteiger partial charge in [0.05, 0.1) is 21.8 Å². The zero-order valence-electron chi connectivity index (χ0n) is 16.5. The number of hydrogen-bond acceptors (Lipinski definition) is 6. The molecule has 0 radical (unpaired) electrons. The molecule has 0 aliphatic carbocycles. The second-order valence-corrected chi connectivity index (χ2v) is 9.35. The molecule has 3 heterocycles. The van der Waals surface area contributed by atoms with Gasteiger partial charge in [0.25, 0.3) is 0 Å². The largest absolute Gasteiger partial charge is 0.370 e. The number of thiazole rings is 1. The van der Waals surface area contributed by atoms with Gasteiger partial charge in [-0.25, -0.2) is 14.8 Å². The van der Waals surface area contributed by atoms with E-state index in [9.17, 15) is 4.79 Å². The van der Waals surface area contributed by atoms with E-state index in [1.165, 1.54) is 47.9 Å². The highest BCUT2D eigenvalue weighted by Crippen LogP contribution is 2.33. The van der Waals surface area contributed by atoms with Crippen LogP contribution in [0.4, 0.5) is 21.3 Å². The van der Waals surface area contributed by atoms with Gasteiger partial charge in [0, 0.05) is 32.5 Å². The lowest BCUT2D eigenvalue weighted by atomic mass is 10.1. The van der Waals surface area contributed by atoms with E-state index in [0.29, 0.717) is 5.13 Å². The number of nitrogens with one attached hydrogen (secondary N) is 2. The van der Waals surface area contributed by atoms with Crippen molar-refractivity contribution in [3.05, 3.63) is 42.4 Å². The fourth-order valence-corrected chi connectivity index (χ4v) is 5.08. The standard InChI is InChI=1S/C20H24N6OS2/c1-14-6-7-15(16(12-14)26-9-4-3-5-10-26)23-18(27)24-19-22-13-17(28-19)29-20-21-8-11-25(20)2/h6-8,11-13H,3-5,9-10H2,1-2H3,(H2,22,23,24,27). The molecule has 29 heavy (non-hydrogen) atoms. The molecule has 1 fully saturated rings. The maximum atomic E-state index is 12.6. The molecule has 1 aliphatic rings. The molecule has 0 unspecified atom stereocenters. The number of nitrogens with zero attached hydrogens (tertiary/aromatic N) is 4. The summed E-state index contributed by atoms with van der Waals surface area (Å²) in [5.41, 5.74) is 3.10. The van der Waals surface area contributed by atoms with Crippen molar-refractivity contribution in [2.24, 2.45) is 7.05 Å². The number of hydrogen-bond donors (Lipinski definition) is 2. The number of carbonyl (C=O) groups excluding carboxylic acids is 1. The average molecular weight is 429 g/mol. The highest BCUT2D eigenvalue weighted by Gasteiger charge is 2.17. The van der Waals surface area contributed by atoms with Gasteiger partial charge in [-0.05, 0) is 55.6 Å². The van der Waals surface area contributed by atoms with E-state index in [4.69, 9.17) is 0 Å². The SMILES string of the molecule is Cc1ccc(NC(=O)Nc2ncc(Sc3nccn3C)s2)c(N2CCCCC2)c1. The van der Waals surface area contributed by atoms with Crippen LogP contribution in [0.2, 0.25) is 0 Å². The smallest absolute Gasteiger partial charge is 0.325 e. The normalized spacial score (nSPS) is 14.1. The Balaban J connectivity index is 1.42. The van der Waals surface area contributed by atoms with Gasteiger partial charge >= 0.3 is 6.03 Å². The molecule has 0 bridgehead atoms. The molecule has 0 atom stereocenters. The minimum atomic E-state index is -0.282. The van der Waals surface area contributed by atoms with Gasteiger partial charge in [0.2, 0.25) is 0 Å². The Labute approximate surface area is 178 Å². The highest BCUT2D eigenvalue weighted by atomic mass is 32.2. The van der Waals surface area contributed by atoms with E-state index >= 15 is 0 Å². The molecule has 152 valence electrons. The first-order valence-electron chi connectivity index (χ1n) is 9.63. The van der Waals surface area contributed by atoms with E-state index in [1.54, 1.807) is 12.4 Å². The van der Waals surface area contributed by atoms with Crippen LogP contribution in [0, 0.1) is 6.92 Å². The average Bonchev–Trinajstić information content (AvgIpc) is 3.33. The molecule has 0 spiro atoms. The summed E-state index contributed by atoms with van der Waals surface area (Å²) < 4.78 is 2.92. The van der Waals surface area contributed by atoms with Crippen LogP contribution in [0.15, 0.2) is 46.2 Å². The quantitative estimate of drug-likeness (QED) is 0.600.